The number of carboxylic acids is 1. The third-order valence-electron chi connectivity index (χ3n) is 5.66. The highest BCUT2D eigenvalue weighted by molar-refractivity contribution is 6.02. The zero-order chi connectivity index (χ0) is 19.1. The van der Waals surface area contributed by atoms with Gasteiger partial charge >= 0.3 is 12.1 Å². The molecule has 2 heterocycles. The molecule has 3 N–H and O–H groups in total. The van der Waals surface area contributed by atoms with E-state index in [1.165, 1.54) is 0 Å². The molecule has 26 heavy (non-hydrogen) atoms. The minimum Gasteiger partial charge on any atom is -0.481 e. The third-order valence-corrected chi connectivity index (χ3v) is 5.66. The Hall–Kier alpha value is -1.77. The predicted octanol–water partition coefficient (Wildman–Crippen LogP) is 2.59. The Balaban J connectivity index is 1.67. The molecule has 1 atom stereocenters. The first kappa shape index (κ1) is 19.0. The fourth-order valence-electron chi connectivity index (χ4n) is 3.97. The quantitative estimate of drug-likeness (QED) is 0.597. The van der Waals surface area contributed by atoms with E-state index in [0.717, 1.165) is 25.8 Å². The highest BCUT2D eigenvalue weighted by Gasteiger charge is 2.42. The van der Waals surface area contributed by atoms with Crippen LogP contribution in [0.25, 0.3) is 0 Å². The predicted molar refractivity (Wildman–Crippen MR) is 89.4 cm³/mol. The highest BCUT2D eigenvalue weighted by atomic mass is 19.4. The summed E-state index contributed by atoms with van der Waals surface area (Å²) in [5.74, 6) is 0.0679. The minimum absolute atomic E-state index is 0.0259. The van der Waals surface area contributed by atoms with Gasteiger partial charge in [0, 0.05) is 37.7 Å². The molecule has 1 saturated heterocycles. The van der Waals surface area contributed by atoms with Gasteiger partial charge < -0.3 is 15.4 Å². The molecule has 0 aromatic rings. The Bertz CT molecular complexity index is 614. The van der Waals surface area contributed by atoms with E-state index in [9.17, 15) is 18.0 Å². The lowest BCUT2D eigenvalue weighted by atomic mass is 9.73. The second-order valence-corrected chi connectivity index (χ2v) is 7.64. The zero-order valence-corrected chi connectivity index (χ0v) is 14.8. The van der Waals surface area contributed by atoms with Crippen LogP contribution in [0.5, 0.6) is 0 Å². The van der Waals surface area contributed by atoms with E-state index < -0.39 is 17.9 Å². The molecule has 3 rings (SSSR count). The normalized spacial score (nSPS) is 29.4. The van der Waals surface area contributed by atoms with E-state index in [2.05, 4.69) is 5.43 Å². The van der Waals surface area contributed by atoms with Gasteiger partial charge in [-0.1, -0.05) is 0 Å². The van der Waals surface area contributed by atoms with E-state index in [4.69, 9.17) is 10.5 Å². The van der Waals surface area contributed by atoms with Crippen LogP contribution >= 0.6 is 0 Å². The Morgan fingerprint density at radius 3 is 2.50 bits per heavy atom. The van der Waals surface area contributed by atoms with Crippen molar-refractivity contribution >= 4 is 11.7 Å². The van der Waals surface area contributed by atoms with Gasteiger partial charge in [-0.05, 0) is 44.4 Å². The van der Waals surface area contributed by atoms with E-state index >= 15 is 0 Å². The van der Waals surface area contributed by atoms with Crippen LogP contribution in [0.1, 0.15) is 39.0 Å². The van der Waals surface area contributed by atoms with Crippen molar-refractivity contribution in [2.75, 3.05) is 19.6 Å². The van der Waals surface area contributed by atoms with E-state index in [0.29, 0.717) is 24.8 Å². The molecule has 2 fully saturated rings. The molecule has 1 unspecified atom stereocenters. The van der Waals surface area contributed by atoms with E-state index in [1.54, 1.807) is 0 Å². The molecule has 3 aliphatic rings. The third kappa shape index (κ3) is 3.97. The average Bonchev–Trinajstić information content (AvgIpc) is 2.89. The van der Waals surface area contributed by atoms with Crippen molar-refractivity contribution in [1.82, 2.24) is 15.3 Å². The fourth-order valence-corrected chi connectivity index (χ4v) is 3.97. The summed E-state index contributed by atoms with van der Waals surface area (Å²) < 4.78 is 39.1. The van der Waals surface area contributed by atoms with Crippen molar-refractivity contribution in [1.29, 1.82) is 5.41 Å². The molecule has 146 valence electrons. The molecular weight excluding hydrogens is 349 g/mol. The molecule has 0 aromatic carbocycles. The maximum Gasteiger partial charge on any atom is 0.433 e. The lowest BCUT2D eigenvalue weighted by Crippen LogP contribution is -2.55. The molecule has 9 heteroatoms. The molecule has 1 saturated carbocycles. The maximum atomic E-state index is 13.0. The molecule has 6 nitrogen and oxygen atoms in total. The molecule has 0 amide bonds. The summed E-state index contributed by atoms with van der Waals surface area (Å²) in [6.45, 7) is 3.84. The van der Waals surface area contributed by atoms with Crippen LogP contribution in [0.4, 0.5) is 13.2 Å². The number of carboxylic acid groups (broad SMARTS) is 1. The minimum atomic E-state index is -4.65. The Morgan fingerprint density at radius 1 is 1.31 bits per heavy atom. The number of hydrazine groups is 1. The summed E-state index contributed by atoms with van der Waals surface area (Å²) in [7, 11) is 0. The van der Waals surface area contributed by atoms with Gasteiger partial charge in [0.2, 0.25) is 0 Å². The average molecular weight is 374 g/mol. The molecule has 0 bridgehead atoms. The van der Waals surface area contributed by atoms with Crippen molar-refractivity contribution < 1.29 is 23.1 Å². The standard InChI is InChI=1S/C17H25F3N4O2/c1-10-2-5-24(10)22-16-13(15(21)17(18,19)20)3-4-23(16)9-12-6-11(7-12)8-14(25)26/h10-12,21-22H,2-9H2,1H3,(H,25,26). The fraction of sp³-hybridized carbons (Fsp3) is 0.765. The van der Waals surface area contributed by atoms with Gasteiger partial charge in [0.25, 0.3) is 0 Å². The number of aliphatic carboxylic acids is 1. The van der Waals surface area contributed by atoms with Gasteiger partial charge in [0.05, 0.1) is 0 Å². The van der Waals surface area contributed by atoms with Gasteiger partial charge in [0.15, 0.2) is 0 Å². The molecule has 2 aliphatic heterocycles. The van der Waals surface area contributed by atoms with Crippen molar-refractivity contribution in [3.05, 3.63) is 11.4 Å². The summed E-state index contributed by atoms with van der Waals surface area (Å²) in [5.41, 5.74) is 1.87. The lowest BCUT2D eigenvalue weighted by Gasteiger charge is -2.43. The van der Waals surface area contributed by atoms with Gasteiger partial charge in [-0.15, -0.1) is 0 Å². The van der Waals surface area contributed by atoms with Gasteiger partial charge in [-0.3, -0.25) is 10.2 Å². The van der Waals surface area contributed by atoms with Crippen LogP contribution < -0.4 is 5.43 Å². The van der Waals surface area contributed by atoms with Crippen molar-refractivity contribution in [2.45, 2.75) is 51.2 Å². The van der Waals surface area contributed by atoms with Gasteiger partial charge in [0.1, 0.15) is 11.5 Å². The second-order valence-electron chi connectivity index (χ2n) is 7.64. The topological polar surface area (TPSA) is 79.7 Å². The van der Waals surface area contributed by atoms with Crippen molar-refractivity contribution in [2.24, 2.45) is 11.8 Å². The summed E-state index contributed by atoms with van der Waals surface area (Å²) >= 11 is 0. The van der Waals surface area contributed by atoms with Gasteiger partial charge in [-0.25, -0.2) is 5.01 Å². The highest BCUT2D eigenvalue weighted by Crippen LogP contribution is 2.39. The number of nitrogens with zero attached hydrogens (tertiary/aromatic N) is 2. The number of halogens is 3. The van der Waals surface area contributed by atoms with Crippen molar-refractivity contribution in [3.63, 3.8) is 0 Å². The number of hydrogen-bond acceptors (Lipinski definition) is 5. The Kier molecular flexibility index (Phi) is 5.18. The van der Waals surface area contributed by atoms with Crippen LogP contribution in [-0.4, -0.2) is 58.5 Å². The van der Waals surface area contributed by atoms with Crippen LogP contribution in [0.2, 0.25) is 0 Å². The molecular formula is C17H25F3N4O2. The smallest absolute Gasteiger partial charge is 0.433 e. The number of hydrogen-bond donors (Lipinski definition) is 3. The monoisotopic (exact) mass is 374 g/mol. The number of nitrogens with one attached hydrogen (secondary N) is 2. The first-order chi connectivity index (χ1) is 12.1. The maximum absolute atomic E-state index is 13.0. The summed E-state index contributed by atoms with van der Waals surface area (Å²) in [5, 5.41) is 18.3. The zero-order valence-electron chi connectivity index (χ0n) is 14.8. The summed E-state index contributed by atoms with van der Waals surface area (Å²) in [4.78, 5) is 12.7. The Labute approximate surface area is 150 Å². The number of alkyl halides is 3. The molecule has 0 aromatic heterocycles. The number of rotatable bonds is 7. The molecule has 1 aliphatic carbocycles. The van der Waals surface area contributed by atoms with Crippen LogP contribution in [0.3, 0.4) is 0 Å². The lowest BCUT2D eigenvalue weighted by molar-refractivity contribution is -0.139. The Morgan fingerprint density at radius 2 is 2.00 bits per heavy atom. The SMILES string of the molecule is CC1CCN1NC1=C(C(=N)C(F)(F)F)CCN1CC1CC(CC(=O)O)C1. The largest absolute Gasteiger partial charge is 0.481 e. The molecule has 0 spiro atoms. The van der Waals surface area contributed by atoms with E-state index in [1.807, 2.05) is 16.8 Å². The summed E-state index contributed by atoms with van der Waals surface area (Å²) in [6, 6.07) is 0.259. The molecule has 0 radical (unpaired) electrons. The van der Waals surface area contributed by atoms with Crippen LogP contribution in [0, 0.1) is 17.2 Å². The van der Waals surface area contributed by atoms with Crippen molar-refractivity contribution in [3.8, 4) is 0 Å². The van der Waals surface area contributed by atoms with Gasteiger partial charge in [-0.2, -0.15) is 13.2 Å². The first-order valence-electron chi connectivity index (χ1n) is 9.04. The van der Waals surface area contributed by atoms with Crippen LogP contribution in [0.15, 0.2) is 11.4 Å². The number of carbonyl (C=O) groups is 1. The second kappa shape index (κ2) is 7.09. The summed E-state index contributed by atoms with van der Waals surface area (Å²) in [6.07, 6.45) is -1.71. The van der Waals surface area contributed by atoms with Crippen LogP contribution in [-0.2, 0) is 4.79 Å². The van der Waals surface area contributed by atoms with E-state index in [-0.39, 0.29) is 30.4 Å². The first-order valence-corrected chi connectivity index (χ1v) is 9.04.